The Labute approximate surface area is 229 Å². The Morgan fingerprint density at radius 1 is 0.800 bits per heavy atom. The van der Waals surface area contributed by atoms with Gasteiger partial charge in [-0.15, -0.1) is 0 Å². The largest absolute Gasteiger partial charge is 0.455 e. The standard InChI is InChI=1S/C34H23N5O/c1-3-10-31-22(4-2)24-12-9-11-23(33(24)40-31)21-17-18-29-30(19-21)38-28-16-8-7-15-27(28)37-34(38)39(29)32-20-35-25-13-5-6-14-26(25)36-32/h3-20H,2H2,1H3/b10-3-. The summed E-state index contributed by atoms with van der Waals surface area (Å²) in [5, 5.41) is 1.04. The summed E-state index contributed by atoms with van der Waals surface area (Å²) in [6.07, 6.45) is 7.64. The van der Waals surface area contributed by atoms with E-state index in [4.69, 9.17) is 19.4 Å². The molecule has 0 amide bonds. The van der Waals surface area contributed by atoms with Crippen LogP contribution in [-0.4, -0.2) is 23.9 Å². The highest BCUT2D eigenvalue weighted by Crippen LogP contribution is 2.38. The Morgan fingerprint density at radius 2 is 1.62 bits per heavy atom. The number of nitrogens with zero attached hydrogens (tertiary/aromatic N) is 5. The molecule has 0 unspecified atom stereocenters. The van der Waals surface area contributed by atoms with Crippen LogP contribution in [-0.2, 0) is 0 Å². The lowest BCUT2D eigenvalue weighted by Gasteiger charge is -2.07. The minimum absolute atomic E-state index is 0.724. The molecule has 0 bridgehead atoms. The highest BCUT2D eigenvalue weighted by atomic mass is 16.3. The van der Waals surface area contributed by atoms with Crippen LogP contribution in [0, 0.1) is 0 Å². The van der Waals surface area contributed by atoms with Crippen molar-refractivity contribution in [2.45, 2.75) is 6.92 Å². The first-order valence-electron chi connectivity index (χ1n) is 13.2. The van der Waals surface area contributed by atoms with Crippen molar-refractivity contribution in [2.24, 2.45) is 0 Å². The van der Waals surface area contributed by atoms with Gasteiger partial charge in [-0.2, -0.15) is 0 Å². The zero-order chi connectivity index (χ0) is 26.8. The summed E-state index contributed by atoms with van der Waals surface area (Å²) in [4.78, 5) is 14.7. The second-order valence-electron chi connectivity index (χ2n) is 9.76. The van der Waals surface area contributed by atoms with Crippen molar-refractivity contribution in [3.05, 3.63) is 115 Å². The molecule has 4 heterocycles. The third-order valence-electron chi connectivity index (χ3n) is 7.48. The van der Waals surface area contributed by atoms with Crippen molar-refractivity contribution >= 4 is 62.0 Å². The molecule has 0 saturated heterocycles. The SMILES string of the molecule is C=Cc1c(/C=C\C)oc2c(-c3ccc4c(c3)n3c5ccccc5nc3n4-c3cnc4ccccc4n3)cccc12. The molecule has 0 fully saturated rings. The molecule has 6 heteroatoms. The van der Waals surface area contributed by atoms with Crippen LogP contribution in [0.4, 0.5) is 0 Å². The summed E-state index contributed by atoms with van der Waals surface area (Å²) < 4.78 is 10.7. The summed E-state index contributed by atoms with van der Waals surface area (Å²) >= 11 is 0. The van der Waals surface area contributed by atoms with Gasteiger partial charge in [-0.05, 0) is 55.0 Å². The van der Waals surface area contributed by atoms with E-state index in [1.807, 2.05) is 73.8 Å². The van der Waals surface area contributed by atoms with E-state index >= 15 is 0 Å². The molecule has 0 atom stereocenters. The van der Waals surface area contributed by atoms with Crippen LogP contribution in [0.2, 0.25) is 0 Å². The average molecular weight is 518 g/mol. The van der Waals surface area contributed by atoms with Gasteiger partial charge in [-0.1, -0.05) is 67.3 Å². The number of rotatable bonds is 4. The smallest absolute Gasteiger partial charge is 0.221 e. The van der Waals surface area contributed by atoms with Gasteiger partial charge in [0, 0.05) is 16.5 Å². The zero-order valence-corrected chi connectivity index (χ0v) is 21.7. The minimum atomic E-state index is 0.724. The normalized spacial score (nSPS) is 12.1. The fraction of sp³-hybridized carbons (Fsp3) is 0.0294. The molecule has 0 aliphatic carbocycles. The van der Waals surface area contributed by atoms with Gasteiger partial charge >= 0.3 is 0 Å². The number of aromatic nitrogens is 5. The topological polar surface area (TPSA) is 61.2 Å². The first-order valence-corrected chi connectivity index (χ1v) is 13.2. The average Bonchev–Trinajstić information content (AvgIpc) is 3.64. The van der Waals surface area contributed by atoms with Crippen LogP contribution in [0.5, 0.6) is 0 Å². The number of fused-ring (bicyclic) bond motifs is 7. The Balaban J connectivity index is 1.44. The Kier molecular flexibility index (Phi) is 4.79. The van der Waals surface area contributed by atoms with E-state index in [0.29, 0.717) is 0 Å². The lowest BCUT2D eigenvalue weighted by molar-refractivity contribution is 0.604. The molecule has 0 aliphatic rings. The quantitative estimate of drug-likeness (QED) is 0.235. The molecule has 0 aliphatic heterocycles. The van der Waals surface area contributed by atoms with Gasteiger partial charge in [0.15, 0.2) is 5.82 Å². The third-order valence-corrected chi connectivity index (χ3v) is 7.48. The zero-order valence-electron chi connectivity index (χ0n) is 21.7. The molecule has 190 valence electrons. The van der Waals surface area contributed by atoms with Crippen molar-refractivity contribution in [3.8, 4) is 16.9 Å². The number of furan rings is 1. The molecular formula is C34H23N5O. The van der Waals surface area contributed by atoms with Gasteiger partial charge < -0.3 is 4.42 Å². The van der Waals surface area contributed by atoms with E-state index in [0.717, 1.165) is 78.1 Å². The first kappa shape index (κ1) is 22.5. The van der Waals surface area contributed by atoms with Gasteiger partial charge in [-0.25, -0.2) is 9.97 Å². The van der Waals surface area contributed by atoms with Crippen molar-refractivity contribution in [3.63, 3.8) is 0 Å². The number of allylic oxidation sites excluding steroid dienone is 1. The number of benzene rings is 4. The molecule has 0 N–H and O–H groups in total. The summed E-state index contributed by atoms with van der Waals surface area (Å²) in [6, 6.07) is 28.8. The van der Waals surface area contributed by atoms with E-state index < -0.39 is 0 Å². The maximum Gasteiger partial charge on any atom is 0.221 e. The van der Waals surface area contributed by atoms with Crippen LogP contribution in [0.1, 0.15) is 18.2 Å². The number of hydrogen-bond donors (Lipinski definition) is 0. The molecule has 40 heavy (non-hydrogen) atoms. The lowest BCUT2D eigenvalue weighted by Crippen LogP contribution is -2.00. The highest BCUT2D eigenvalue weighted by molar-refractivity contribution is 6.01. The highest BCUT2D eigenvalue weighted by Gasteiger charge is 2.20. The lowest BCUT2D eigenvalue weighted by atomic mass is 10.0. The summed E-state index contributed by atoms with van der Waals surface area (Å²) in [5.41, 5.74) is 9.59. The molecule has 4 aromatic carbocycles. The van der Waals surface area contributed by atoms with E-state index in [2.05, 4.69) is 58.0 Å². The second kappa shape index (κ2) is 8.51. The molecule has 8 aromatic rings. The summed E-state index contributed by atoms with van der Waals surface area (Å²) in [5.74, 6) is 2.32. The van der Waals surface area contributed by atoms with Crippen LogP contribution in [0.3, 0.4) is 0 Å². The van der Waals surface area contributed by atoms with Crippen molar-refractivity contribution in [2.75, 3.05) is 0 Å². The Bertz CT molecular complexity index is 2310. The fourth-order valence-electron chi connectivity index (χ4n) is 5.72. The summed E-state index contributed by atoms with van der Waals surface area (Å²) in [7, 11) is 0. The van der Waals surface area contributed by atoms with Gasteiger partial charge in [0.05, 0.1) is 39.3 Å². The van der Waals surface area contributed by atoms with Gasteiger partial charge in [0.2, 0.25) is 5.78 Å². The Hall–Kier alpha value is -5.49. The van der Waals surface area contributed by atoms with Gasteiger partial charge in [-0.3, -0.25) is 14.0 Å². The predicted molar refractivity (Wildman–Crippen MR) is 163 cm³/mol. The molecule has 0 saturated carbocycles. The van der Waals surface area contributed by atoms with Crippen molar-refractivity contribution in [1.82, 2.24) is 23.9 Å². The van der Waals surface area contributed by atoms with Gasteiger partial charge in [0.25, 0.3) is 0 Å². The first-order chi connectivity index (χ1) is 19.7. The predicted octanol–water partition coefficient (Wildman–Crippen LogP) is 8.46. The monoisotopic (exact) mass is 517 g/mol. The molecule has 8 rings (SSSR count). The molecule has 0 spiro atoms. The number of para-hydroxylation sites is 5. The maximum atomic E-state index is 6.39. The Morgan fingerprint density at radius 3 is 2.48 bits per heavy atom. The van der Waals surface area contributed by atoms with Crippen LogP contribution in [0.15, 0.2) is 108 Å². The summed E-state index contributed by atoms with van der Waals surface area (Å²) in [6.45, 7) is 6.02. The molecular weight excluding hydrogens is 494 g/mol. The van der Waals surface area contributed by atoms with E-state index in [-0.39, 0.29) is 0 Å². The minimum Gasteiger partial charge on any atom is -0.455 e. The van der Waals surface area contributed by atoms with Crippen LogP contribution < -0.4 is 0 Å². The number of imidazole rings is 2. The van der Waals surface area contributed by atoms with Crippen LogP contribution >= 0.6 is 0 Å². The van der Waals surface area contributed by atoms with E-state index in [1.165, 1.54) is 0 Å². The van der Waals surface area contributed by atoms with Crippen LogP contribution in [0.25, 0.3) is 78.9 Å². The van der Waals surface area contributed by atoms with Crippen molar-refractivity contribution in [1.29, 1.82) is 0 Å². The molecule has 4 aromatic heterocycles. The fourth-order valence-corrected chi connectivity index (χ4v) is 5.72. The van der Waals surface area contributed by atoms with E-state index in [1.54, 1.807) is 0 Å². The second-order valence-corrected chi connectivity index (χ2v) is 9.76. The maximum absolute atomic E-state index is 6.39. The third kappa shape index (κ3) is 3.13. The molecule has 6 nitrogen and oxygen atoms in total. The molecule has 0 radical (unpaired) electrons. The van der Waals surface area contributed by atoms with E-state index in [9.17, 15) is 0 Å². The van der Waals surface area contributed by atoms with Gasteiger partial charge in [0.1, 0.15) is 11.3 Å². The number of hydrogen-bond acceptors (Lipinski definition) is 4. The van der Waals surface area contributed by atoms with Crippen molar-refractivity contribution < 1.29 is 4.42 Å².